The Morgan fingerprint density at radius 2 is 2.04 bits per heavy atom. The van der Waals surface area contributed by atoms with E-state index in [1.54, 1.807) is 13.8 Å². The molecule has 0 unspecified atom stereocenters. The first kappa shape index (κ1) is 21.2. The number of aromatic nitrogens is 1. The molecule has 1 aromatic heterocycles. The fourth-order valence-electron chi connectivity index (χ4n) is 3.57. The maximum absolute atomic E-state index is 12.3. The van der Waals surface area contributed by atoms with Crippen molar-refractivity contribution in [2.45, 2.75) is 78.9 Å². The number of pyridine rings is 1. The van der Waals surface area contributed by atoms with Gasteiger partial charge in [0.15, 0.2) is 0 Å². The Balaban J connectivity index is 1.91. The van der Waals surface area contributed by atoms with Crippen molar-refractivity contribution in [2.75, 3.05) is 6.61 Å². The maximum Gasteiger partial charge on any atom is 0.306 e. The van der Waals surface area contributed by atoms with Crippen LogP contribution in [0.3, 0.4) is 0 Å². The van der Waals surface area contributed by atoms with Crippen LogP contribution in [0.4, 0.5) is 0 Å². The standard InChI is InChI=1S/C21H30N2O4/c1-6-7-10-26-17-11-18(21(17,4)5)27-19(24)9-8-15-13(2)16(12-22)20(25)23-14(15)3/h17-18H,6-11H2,1-5H3,(H,23,25)/t17-,18-/m1/s1. The number of unbranched alkanes of at least 4 members (excludes halogenated alkanes) is 1. The normalized spacial score (nSPS) is 20.6. The number of aryl methyl sites for hydroxylation is 1. The van der Waals surface area contributed by atoms with Crippen molar-refractivity contribution in [3.05, 3.63) is 32.7 Å². The molecular formula is C21H30N2O4. The molecule has 6 nitrogen and oxygen atoms in total. The predicted molar refractivity (Wildman–Crippen MR) is 102 cm³/mol. The van der Waals surface area contributed by atoms with Gasteiger partial charge in [-0.1, -0.05) is 27.2 Å². The van der Waals surface area contributed by atoms with E-state index >= 15 is 0 Å². The van der Waals surface area contributed by atoms with Gasteiger partial charge in [-0.25, -0.2) is 0 Å². The first-order valence-corrected chi connectivity index (χ1v) is 9.65. The van der Waals surface area contributed by atoms with Crippen LogP contribution in [-0.4, -0.2) is 29.8 Å². The Morgan fingerprint density at radius 3 is 2.63 bits per heavy atom. The Labute approximate surface area is 160 Å². The molecule has 1 heterocycles. The summed E-state index contributed by atoms with van der Waals surface area (Å²) in [6.07, 6.45) is 3.52. The van der Waals surface area contributed by atoms with Gasteiger partial charge >= 0.3 is 5.97 Å². The zero-order valence-corrected chi connectivity index (χ0v) is 17.0. The van der Waals surface area contributed by atoms with E-state index in [-0.39, 0.29) is 41.1 Å². The van der Waals surface area contributed by atoms with Gasteiger partial charge in [-0.05, 0) is 37.8 Å². The van der Waals surface area contributed by atoms with Crippen molar-refractivity contribution in [3.63, 3.8) is 0 Å². The molecule has 1 aromatic rings. The van der Waals surface area contributed by atoms with Gasteiger partial charge in [-0.3, -0.25) is 9.59 Å². The summed E-state index contributed by atoms with van der Waals surface area (Å²) in [6.45, 7) is 10.5. The third kappa shape index (κ3) is 4.59. The molecule has 0 aliphatic heterocycles. The average molecular weight is 374 g/mol. The molecule has 0 amide bonds. The fraction of sp³-hybridized carbons (Fsp3) is 0.667. The third-order valence-corrected chi connectivity index (χ3v) is 5.68. The van der Waals surface area contributed by atoms with Gasteiger partial charge in [0.05, 0.1) is 6.10 Å². The largest absolute Gasteiger partial charge is 0.462 e. The average Bonchev–Trinajstić information content (AvgIpc) is 2.60. The number of nitrogens with zero attached hydrogens (tertiary/aromatic N) is 1. The van der Waals surface area contributed by atoms with Crippen molar-refractivity contribution < 1.29 is 14.3 Å². The summed E-state index contributed by atoms with van der Waals surface area (Å²) in [5, 5.41) is 9.14. The van der Waals surface area contributed by atoms with Crippen molar-refractivity contribution in [1.29, 1.82) is 5.26 Å². The van der Waals surface area contributed by atoms with Crippen molar-refractivity contribution in [2.24, 2.45) is 5.41 Å². The van der Waals surface area contributed by atoms with Gasteiger partial charge in [0.1, 0.15) is 17.7 Å². The van der Waals surface area contributed by atoms with Crippen LogP contribution in [0.1, 0.15) is 68.8 Å². The number of carbonyl (C=O) groups excluding carboxylic acids is 1. The quantitative estimate of drug-likeness (QED) is 0.557. The van der Waals surface area contributed by atoms with Crippen LogP contribution in [0, 0.1) is 30.6 Å². The molecule has 1 aliphatic rings. The molecule has 1 N–H and O–H groups in total. The highest BCUT2D eigenvalue weighted by atomic mass is 16.6. The number of rotatable bonds is 8. The lowest BCUT2D eigenvalue weighted by Gasteiger charge is -2.50. The van der Waals surface area contributed by atoms with Gasteiger partial charge < -0.3 is 14.5 Å². The highest BCUT2D eigenvalue weighted by Crippen LogP contribution is 2.45. The number of ether oxygens (including phenoxy) is 2. The van der Waals surface area contributed by atoms with Crippen LogP contribution < -0.4 is 5.56 Å². The second-order valence-corrected chi connectivity index (χ2v) is 7.92. The Kier molecular flexibility index (Phi) is 6.83. The van der Waals surface area contributed by atoms with Crippen molar-refractivity contribution in [3.8, 4) is 6.07 Å². The molecule has 148 valence electrons. The fourth-order valence-corrected chi connectivity index (χ4v) is 3.57. The molecule has 0 aromatic carbocycles. The number of hydrogen-bond acceptors (Lipinski definition) is 5. The minimum Gasteiger partial charge on any atom is -0.462 e. The van der Waals surface area contributed by atoms with E-state index in [4.69, 9.17) is 14.7 Å². The monoisotopic (exact) mass is 374 g/mol. The van der Waals surface area contributed by atoms with Gasteiger partial charge in [0, 0.05) is 30.6 Å². The highest BCUT2D eigenvalue weighted by Gasteiger charge is 2.51. The topological polar surface area (TPSA) is 92.2 Å². The minimum absolute atomic E-state index is 0.108. The van der Waals surface area contributed by atoms with Gasteiger partial charge in [-0.15, -0.1) is 0 Å². The summed E-state index contributed by atoms with van der Waals surface area (Å²) >= 11 is 0. The van der Waals surface area contributed by atoms with Crippen molar-refractivity contribution >= 4 is 5.97 Å². The molecule has 1 saturated carbocycles. The zero-order valence-electron chi connectivity index (χ0n) is 17.0. The molecule has 0 saturated heterocycles. The Hall–Kier alpha value is -2.13. The first-order chi connectivity index (χ1) is 12.7. The lowest BCUT2D eigenvalue weighted by Crippen LogP contribution is -2.56. The molecule has 1 fully saturated rings. The Morgan fingerprint density at radius 1 is 1.33 bits per heavy atom. The summed E-state index contributed by atoms with van der Waals surface area (Å²) in [6, 6.07) is 1.93. The highest BCUT2D eigenvalue weighted by molar-refractivity contribution is 5.70. The third-order valence-electron chi connectivity index (χ3n) is 5.68. The van der Waals surface area contributed by atoms with Gasteiger partial charge in [0.2, 0.25) is 0 Å². The summed E-state index contributed by atoms with van der Waals surface area (Å²) in [4.78, 5) is 26.8. The SMILES string of the molecule is CCCCO[C@@H]1C[C@@H](OC(=O)CCc2c(C)[nH]c(=O)c(C#N)c2C)C1(C)C. The summed E-state index contributed by atoms with van der Waals surface area (Å²) in [5.41, 5.74) is 1.70. The number of hydrogen-bond donors (Lipinski definition) is 1. The van der Waals surface area contributed by atoms with E-state index in [1.165, 1.54) is 0 Å². The molecule has 1 aliphatic carbocycles. The summed E-state index contributed by atoms with van der Waals surface area (Å²) < 4.78 is 11.6. The number of nitrogens with one attached hydrogen (secondary N) is 1. The van der Waals surface area contributed by atoms with E-state index in [2.05, 4.69) is 25.8 Å². The molecule has 2 rings (SSSR count). The molecule has 0 bridgehead atoms. The molecule has 2 atom stereocenters. The molecule has 0 radical (unpaired) electrons. The lowest BCUT2D eigenvalue weighted by molar-refractivity contribution is -0.203. The zero-order chi connectivity index (χ0) is 20.2. The molecule has 27 heavy (non-hydrogen) atoms. The van der Waals surface area contributed by atoms with E-state index in [0.29, 0.717) is 17.7 Å². The second-order valence-electron chi connectivity index (χ2n) is 7.92. The van der Waals surface area contributed by atoms with Gasteiger partial charge in [0.25, 0.3) is 5.56 Å². The number of H-pyrrole nitrogens is 1. The predicted octanol–water partition coefficient (Wildman–Crippen LogP) is 3.32. The maximum atomic E-state index is 12.3. The summed E-state index contributed by atoms with van der Waals surface area (Å²) in [7, 11) is 0. The van der Waals surface area contributed by atoms with Crippen LogP contribution >= 0.6 is 0 Å². The van der Waals surface area contributed by atoms with E-state index < -0.39 is 0 Å². The van der Waals surface area contributed by atoms with E-state index in [1.807, 2.05) is 6.07 Å². The van der Waals surface area contributed by atoms with E-state index in [0.717, 1.165) is 31.4 Å². The smallest absolute Gasteiger partial charge is 0.306 e. The van der Waals surface area contributed by atoms with Crippen LogP contribution in [0.25, 0.3) is 0 Å². The van der Waals surface area contributed by atoms with Crippen LogP contribution in [0.15, 0.2) is 4.79 Å². The Bertz CT molecular complexity index is 789. The van der Waals surface area contributed by atoms with E-state index in [9.17, 15) is 9.59 Å². The van der Waals surface area contributed by atoms with Crippen molar-refractivity contribution in [1.82, 2.24) is 4.98 Å². The molecule has 6 heteroatoms. The van der Waals surface area contributed by atoms with Gasteiger partial charge in [-0.2, -0.15) is 5.26 Å². The van der Waals surface area contributed by atoms with Crippen LogP contribution in [-0.2, 0) is 20.7 Å². The second kappa shape index (κ2) is 8.71. The first-order valence-electron chi connectivity index (χ1n) is 9.65. The number of esters is 1. The number of nitriles is 1. The summed E-state index contributed by atoms with van der Waals surface area (Å²) in [5.74, 6) is -0.261. The lowest BCUT2D eigenvalue weighted by atomic mass is 9.66. The molecule has 0 spiro atoms. The van der Waals surface area contributed by atoms with Crippen LogP contribution in [0.5, 0.6) is 0 Å². The molecular weight excluding hydrogens is 344 g/mol. The number of aromatic amines is 1. The minimum atomic E-state index is -0.385. The van der Waals surface area contributed by atoms with Crippen LogP contribution in [0.2, 0.25) is 0 Å². The number of carbonyl (C=O) groups is 1.